The predicted molar refractivity (Wildman–Crippen MR) is 113 cm³/mol. The summed E-state index contributed by atoms with van der Waals surface area (Å²) in [5.74, 6) is -0.551. The van der Waals surface area contributed by atoms with E-state index in [0.29, 0.717) is 17.1 Å². The number of ketones is 1. The zero-order chi connectivity index (χ0) is 22.0. The first-order valence-corrected chi connectivity index (χ1v) is 10.7. The van der Waals surface area contributed by atoms with Crippen LogP contribution >= 0.6 is 0 Å². The molecule has 1 aromatic carbocycles. The van der Waals surface area contributed by atoms with Crippen molar-refractivity contribution in [2.45, 2.75) is 56.6 Å². The van der Waals surface area contributed by atoms with Crippen LogP contribution in [0.4, 0.5) is 5.69 Å². The number of nitrogens with two attached hydrogens (primary N) is 1. The molecule has 0 bridgehead atoms. The van der Waals surface area contributed by atoms with Gasteiger partial charge < -0.3 is 25.5 Å². The van der Waals surface area contributed by atoms with E-state index in [1.165, 1.54) is 12.6 Å². The quantitative estimate of drug-likeness (QED) is 0.655. The number of aromatic nitrogens is 1. The summed E-state index contributed by atoms with van der Waals surface area (Å²) >= 11 is 0. The van der Waals surface area contributed by atoms with E-state index < -0.39 is 17.9 Å². The summed E-state index contributed by atoms with van der Waals surface area (Å²) in [6.07, 6.45) is 7.02. The molecule has 2 heterocycles. The van der Waals surface area contributed by atoms with Crippen molar-refractivity contribution in [3.63, 3.8) is 0 Å². The number of Topliss-reactive ketones (excluding diaryl/α,β-unsaturated/α-hetero) is 1. The second-order valence-corrected chi connectivity index (χ2v) is 8.17. The SMILES string of the molecule is COc1cc(C(CC(N)=O)C2C(=O)c3ncccc3[NH+]2[O-])ccc1OC1CCCCC1. The van der Waals surface area contributed by atoms with Crippen LogP contribution in [0.15, 0.2) is 36.5 Å². The molecule has 2 aromatic rings. The lowest BCUT2D eigenvalue weighted by atomic mass is 9.86. The lowest BCUT2D eigenvalue weighted by Crippen LogP contribution is -3.06. The number of carbonyl (C=O) groups excluding carboxylic acids is 2. The first kappa shape index (κ1) is 21.3. The molecule has 1 fully saturated rings. The van der Waals surface area contributed by atoms with Gasteiger partial charge in [0.1, 0.15) is 0 Å². The highest BCUT2D eigenvalue weighted by Crippen LogP contribution is 2.37. The fourth-order valence-electron chi connectivity index (χ4n) is 4.62. The van der Waals surface area contributed by atoms with Crippen molar-refractivity contribution in [1.29, 1.82) is 0 Å². The second kappa shape index (κ2) is 9.03. The largest absolute Gasteiger partial charge is 0.628 e. The zero-order valence-electron chi connectivity index (χ0n) is 17.5. The van der Waals surface area contributed by atoms with Crippen LogP contribution in [0.25, 0.3) is 0 Å². The molecule has 3 atom stereocenters. The maximum Gasteiger partial charge on any atom is 0.245 e. The molecular formula is C23H27N3O5. The first-order chi connectivity index (χ1) is 15.0. The number of methoxy groups -OCH3 is 1. The Morgan fingerprint density at radius 2 is 2.03 bits per heavy atom. The minimum absolute atomic E-state index is 0.137. The van der Waals surface area contributed by atoms with E-state index in [2.05, 4.69) is 4.98 Å². The van der Waals surface area contributed by atoms with Crippen molar-refractivity contribution >= 4 is 17.4 Å². The highest BCUT2D eigenvalue weighted by Gasteiger charge is 2.45. The standard InChI is InChI=1S/C23H27N3O5/c1-30-19-12-14(9-10-18(19)31-15-6-3-2-4-7-15)16(13-20(24)27)22-23(28)21-17(26(22)29)8-5-11-25-21/h5,8-12,15-16,22,26H,2-4,6-7,13H2,1H3,(H2,24,27). The highest BCUT2D eigenvalue weighted by molar-refractivity contribution is 6.04. The van der Waals surface area contributed by atoms with Gasteiger partial charge in [0.05, 0.1) is 19.1 Å². The Morgan fingerprint density at radius 3 is 2.71 bits per heavy atom. The van der Waals surface area contributed by atoms with Gasteiger partial charge in [0.25, 0.3) is 0 Å². The van der Waals surface area contributed by atoms with E-state index in [-0.39, 0.29) is 34.8 Å². The Bertz CT molecular complexity index is 973. The van der Waals surface area contributed by atoms with Crippen LogP contribution in [-0.4, -0.2) is 35.9 Å². The third-order valence-electron chi connectivity index (χ3n) is 6.16. The molecule has 3 N–H and O–H groups in total. The Hall–Kier alpha value is -2.97. The van der Waals surface area contributed by atoms with Gasteiger partial charge in [-0.25, -0.2) is 4.98 Å². The number of amides is 1. The summed E-state index contributed by atoms with van der Waals surface area (Å²) in [4.78, 5) is 28.9. The highest BCUT2D eigenvalue weighted by atomic mass is 16.5. The number of nitrogens with zero attached hydrogens (tertiary/aromatic N) is 1. The molecule has 31 heavy (non-hydrogen) atoms. The van der Waals surface area contributed by atoms with E-state index in [9.17, 15) is 14.8 Å². The van der Waals surface area contributed by atoms with Gasteiger partial charge in [-0.3, -0.25) is 9.59 Å². The van der Waals surface area contributed by atoms with E-state index >= 15 is 0 Å². The van der Waals surface area contributed by atoms with E-state index in [0.717, 1.165) is 25.7 Å². The third-order valence-corrected chi connectivity index (χ3v) is 6.16. The van der Waals surface area contributed by atoms with Crippen LogP contribution in [0, 0.1) is 5.21 Å². The van der Waals surface area contributed by atoms with Crippen LogP contribution in [0.3, 0.4) is 0 Å². The molecule has 1 aliphatic carbocycles. The van der Waals surface area contributed by atoms with Gasteiger partial charge in [0, 0.05) is 18.7 Å². The molecule has 8 nitrogen and oxygen atoms in total. The number of quaternary nitrogens is 1. The van der Waals surface area contributed by atoms with Crippen molar-refractivity contribution in [3.8, 4) is 11.5 Å². The van der Waals surface area contributed by atoms with Crippen molar-refractivity contribution in [2.75, 3.05) is 7.11 Å². The average Bonchev–Trinajstić information content (AvgIpc) is 3.03. The Labute approximate surface area is 180 Å². The Kier molecular flexibility index (Phi) is 6.20. The molecule has 8 heteroatoms. The number of hydrogen-bond acceptors (Lipinski definition) is 6. The Balaban J connectivity index is 1.65. The van der Waals surface area contributed by atoms with Gasteiger partial charge >= 0.3 is 0 Å². The molecule has 3 unspecified atom stereocenters. The number of ether oxygens (including phenoxy) is 2. The number of hydrogen-bond donors (Lipinski definition) is 2. The van der Waals surface area contributed by atoms with Crippen molar-refractivity contribution in [2.24, 2.45) is 5.73 Å². The van der Waals surface area contributed by atoms with Crippen molar-refractivity contribution in [1.82, 2.24) is 4.98 Å². The monoisotopic (exact) mass is 425 g/mol. The van der Waals surface area contributed by atoms with Gasteiger partial charge in [0.2, 0.25) is 11.7 Å². The molecular weight excluding hydrogens is 398 g/mol. The molecule has 1 aromatic heterocycles. The number of fused-ring (bicyclic) bond motifs is 1. The third kappa shape index (κ3) is 4.26. The van der Waals surface area contributed by atoms with E-state index in [4.69, 9.17) is 15.2 Å². The molecule has 1 amide bonds. The second-order valence-electron chi connectivity index (χ2n) is 8.17. The number of pyridine rings is 1. The summed E-state index contributed by atoms with van der Waals surface area (Å²) in [6, 6.07) is 7.48. The molecule has 0 saturated heterocycles. The molecule has 1 saturated carbocycles. The number of carbonyl (C=O) groups is 2. The van der Waals surface area contributed by atoms with Crippen LogP contribution in [0.5, 0.6) is 11.5 Å². The number of rotatable bonds is 7. The summed E-state index contributed by atoms with van der Waals surface area (Å²) < 4.78 is 11.7. The van der Waals surface area contributed by atoms with Crippen molar-refractivity contribution < 1.29 is 24.1 Å². The summed E-state index contributed by atoms with van der Waals surface area (Å²) in [6.45, 7) is 0. The average molecular weight is 425 g/mol. The van der Waals surface area contributed by atoms with Gasteiger partial charge in [-0.2, -0.15) is 0 Å². The number of hydroxylamine groups is 1. The zero-order valence-corrected chi connectivity index (χ0v) is 17.5. The van der Waals surface area contributed by atoms with Gasteiger partial charge in [-0.15, -0.1) is 0 Å². The van der Waals surface area contributed by atoms with Crippen LogP contribution in [0.1, 0.15) is 60.5 Å². The smallest absolute Gasteiger partial charge is 0.245 e. The fraction of sp³-hybridized carbons (Fsp3) is 0.435. The molecule has 4 rings (SSSR count). The predicted octanol–water partition coefficient (Wildman–Crippen LogP) is 2.04. The molecule has 2 aliphatic rings. The van der Waals surface area contributed by atoms with Crippen molar-refractivity contribution in [3.05, 3.63) is 53.0 Å². The molecule has 164 valence electrons. The lowest BCUT2D eigenvalue weighted by Gasteiger charge is -2.30. The number of benzene rings is 1. The van der Waals surface area contributed by atoms with Crippen LogP contribution in [0.2, 0.25) is 0 Å². The number of primary amides is 1. The normalized spacial score (nSPS) is 22.1. The topological polar surface area (TPSA) is 119 Å². The number of nitrogens with one attached hydrogen (secondary N) is 1. The first-order valence-electron chi connectivity index (χ1n) is 10.7. The van der Waals surface area contributed by atoms with Crippen LogP contribution < -0.4 is 20.3 Å². The van der Waals surface area contributed by atoms with E-state index in [1.807, 2.05) is 0 Å². The molecule has 0 spiro atoms. The van der Waals surface area contributed by atoms with Crippen LogP contribution in [-0.2, 0) is 4.79 Å². The Morgan fingerprint density at radius 1 is 1.26 bits per heavy atom. The summed E-state index contributed by atoms with van der Waals surface area (Å²) in [5, 5.41) is 12.7. The maximum atomic E-state index is 13.0. The lowest BCUT2D eigenvalue weighted by molar-refractivity contribution is -0.792. The molecule has 1 aliphatic heterocycles. The van der Waals surface area contributed by atoms with Gasteiger partial charge in [-0.1, -0.05) is 12.5 Å². The van der Waals surface area contributed by atoms with E-state index in [1.54, 1.807) is 37.4 Å². The van der Waals surface area contributed by atoms with Gasteiger partial charge in [0.15, 0.2) is 28.9 Å². The van der Waals surface area contributed by atoms with Gasteiger partial charge in [-0.05, 0) is 49.4 Å². The molecule has 0 radical (unpaired) electrons. The summed E-state index contributed by atoms with van der Waals surface area (Å²) in [5.41, 5.74) is 6.55. The summed E-state index contributed by atoms with van der Waals surface area (Å²) in [7, 11) is 1.54. The fourth-order valence-corrected chi connectivity index (χ4v) is 4.62. The minimum atomic E-state index is -1.03. The minimum Gasteiger partial charge on any atom is -0.628 e. The maximum absolute atomic E-state index is 13.0.